The SMILES string of the molecule is O=C(O)C1(CC(F)F)COCCC1=O. The molecule has 1 N–H and O–H groups in total. The molecule has 14 heavy (non-hydrogen) atoms. The van der Waals surface area contributed by atoms with Crippen molar-refractivity contribution in [2.45, 2.75) is 19.3 Å². The summed E-state index contributed by atoms with van der Waals surface area (Å²) in [7, 11) is 0. The van der Waals surface area contributed by atoms with Crippen molar-refractivity contribution in [2.24, 2.45) is 5.41 Å². The Bertz CT molecular complexity index is 254. The molecule has 0 radical (unpaired) electrons. The van der Waals surface area contributed by atoms with E-state index in [-0.39, 0.29) is 13.0 Å². The van der Waals surface area contributed by atoms with Gasteiger partial charge in [0.25, 0.3) is 0 Å². The molecular formula is C8H10F2O4. The molecule has 1 aliphatic heterocycles. The molecule has 0 bridgehead atoms. The minimum absolute atomic E-state index is 0.108. The quantitative estimate of drug-likeness (QED) is 0.693. The first-order chi connectivity index (χ1) is 6.49. The van der Waals surface area contributed by atoms with E-state index in [9.17, 15) is 18.4 Å². The van der Waals surface area contributed by atoms with Crippen LogP contribution in [0.1, 0.15) is 12.8 Å². The van der Waals surface area contributed by atoms with Crippen molar-refractivity contribution in [3.05, 3.63) is 0 Å². The molecule has 0 saturated carbocycles. The van der Waals surface area contributed by atoms with Crippen LogP contribution in [0.15, 0.2) is 0 Å². The molecule has 80 valence electrons. The van der Waals surface area contributed by atoms with Gasteiger partial charge in [-0.25, -0.2) is 8.78 Å². The van der Waals surface area contributed by atoms with Crippen molar-refractivity contribution in [1.82, 2.24) is 0 Å². The second-order valence-electron chi connectivity index (χ2n) is 3.21. The van der Waals surface area contributed by atoms with E-state index in [1.165, 1.54) is 0 Å². The zero-order valence-electron chi connectivity index (χ0n) is 7.33. The summed E-state index contributed by atoms with van der Waals surface area (Å²) in [5.41, 5.74) is -2.04. The Balaban J connectivity index is 2.89. The molecule has 0 amide bonds. The lowest BCUT2D eigenvalue weighted by atomic mass is 9.78. The summed E-state index contributed by atoms with van der Waals surface area (Å²) in [6, 6.07) is 0. The van der Waals surface area contributed by atoms with Gasteiger partial charge >= 0.3 is 5.97 Å². The minimum Gasteiger partial charge on any atom is -0.480 e. The van der Waals surface area contributed by atoms with Gasteiger partial charge in [0.05, 0.1) is 13.2 Å². The summed E-state index contributed by atoms with van der Waals surface area (Å²) in [6.45, 7) is -0.345. The smallest absolute Gasteiger partial charge is 0.319 e. The Morgan fingerprint density at radius 2 is 2.29 bits per heavy atom. The van der Waals surface area contributed by atoms with Gasteiger partial charge in [0.15, 0.2) is 11.2 Å². The zero-order chi connectivity index (χ0) is 10.8. The van der Waals surface area contributed by atoms with Gasteiger partial charge in [0.2, 0.25) is 6.43 Å². The molecule has 1 unspecified atom stereocenters. The molecule has 6 heteroatoms. The number of carbonyl (C=O) groups is 2. The largest absolute Gasteiger partial charge is 0.480 e. The van der Waals surface area contributed by atoms with Crippen molar-refractivity contribution in [2.75, 3.05) is 13.2 Å². The van der Waals surface area contributed by atoms with Crippen molar-refractivity contribution in [3.8, 4) is 0 Å². The summed E-state index contributed by atoms with van der Waals surface area (Å²) in [5, 5.41) is 8.77. The van der Waals surface area contributed by atoms with E-state index >= 15 is 0 Å². The Morgan fingerprint density at radius 1 is 1.64 bits per heavy atom. The molecular weight excluding hydrogens is 198 g/mol. The van der Waals surface area contributed by atoms with Crippen LogP contribution in [0.3, 0.4) is 0 Å². The molecule has 0 spiro atoms. The fourth-order valence-electron chi connectivity index (χ4n) is 1.44. The number of carboxylic acid groups (broad SMARTS) is 1. The predicted molar refractivity (Wildman–Crippen MR) is 41.1 cm³/mol. The topological polar surface area (TPSA) is 63.6 Å². The van der Waals surface area contributed by atoms with Gasteiger partial charge in [0, 0.05) is 12.8 Å². The van der Waals surface area contributed by atoms with Crippen LogP contribution in [-0.2, 0) is 14.3 Å². The van der Waals surface area contributed by atoms with Crippen LogP contribution >= 0.6 is 0 Å². The molecule has 1 atom stereocenters. The molecule has 0 aromatic carbocycles. The van der Waals surface area contributed by atoms with Crippen LogP contribution in [0.25, 0.3) is 0 Å². The summed E-state index contributed by atoms with van der Waals surface area (Å²) >= 11 is 0. The van der Waals surface area contributed by atoms with Crippen LogP contribution in [0.4, 0.5) is 8.78 Å². The number of halogens is 2. The molecule has 0 aromatic heterocycles. The highest BCUT2D eigenvalue weighted by molar-refractivity contribution is 6.03. The number of hydrogen-bond acceptors (Lipinski definition) is 3. The highest BCUT2D eigenvalue weighted by atomic mass is 19.3. The summed E-state index contributed by atoms with van der Waals surface area (Å²) in [6.07, 6.45) is -3.91. The highest BCUT2D eigenvalue weighted by Gasteiger charge is 2.49. The fourth-order valence-corrected chi connectivity index (χ4v) is 1.44. The lowest BCUT2D eigenvalue weighted by molar-refractivity contribution is -0.168. The van der Waals surface area contributed by atoms with Crippen LogP contribution in [-0.4, -0.2) is 36.5 Å². The van der Waals surface area contributed by atoms with E-state index in [0.29, 0.717) is 0 Å². The van der Waals surface area contributed by atoms with Crippen molar-refractivity contribution in [3.63, 3.8) is 0 Å². The van der Waals surface area contributed by atoms with Crippen molar-refractivity contribution < 1.29 is 28.2 Å². The summed E-state index contributed by atoms with van der Waals surface area (Å²) in [5.74, 6) is -2.20. The molecule has 1 rings (SSSR count). The summed E-state index contributed by atoms with van der Waals surface area (Å²) in [4.78, 5) is 22.1. The van der Waals surface area contributed by atoms with E-state index in [2.05, 4.69) is 0 Å². The fraction of sp³-hybridized carbons (Fsp3) is 0.750. The predicted octanol–water partition coefficient (Wildman–Crippen LogP) is 0.702. The maximum absolute atomic E-state index is 12.1. The molecule has 4 nitrogen and oxygen atoms in total. The third-order valence-electron chi connectivity index (χ3n) is 2.27. The van der Waals surface area contributed by atoms with E-state index in [1.54, 1.807) is 0 Å². The van der Waals surface area contributed by atoms with Crippen LogP contribution < -0.4 is 0 Å². The number of rotatable bonds is 3. The van der Waals surface area contributed by atoms with Crippen LogP contribution in [0.5, 0.6) is 0 Å². The Morgan fingerprint density at radius 3 is 2.71 bits per heavy atom. The number of Topliss-reactive ketones (excluding diaryl/α,β-unsaturated/α-hetero) is 1. The number of ether oxygens (including phenoxy) is 1. The molecule has 0 aromatic rings. The normalized spacial score (nSPS) is 28.1. The van der Waals surface area contributed by atoms with Crippen molar-refractivity contribution in [1.29, 1.82) is 0 Å². The molecule has 1 fully saturated rings. The van der Waals surface area contributed by atoms with Gasteiger partial charge < -0.3 is 9.84 Å². The number of hydrogen-bond donors (Lipinski definition) is 1. The average molecular weight is 208 g/mol. The van der Waals surface area contributed by atoms with Gasteiger partial charge in [-0.1, -0.05) is 0 Å². The number of ketones is 1. The Hall–Kier alpha value is -1.04. The third-order valence-corrected chi connectivity index (χ3v) is 2.27. The highest BCUT2D eigenvalue weighted by Crippen LogP contribution is 2.32. The van der Waals surface area contributed by atoms with Crippen LogP contribution in [0, 0.1) is 5.41 Å². The summed E-state index contributed by atoms with van der Waals surface area (Å²) < 4.78 is 29.0. The Kier molecular flexibility index (Phi) is 3.15. The van der Waals surface area contributed by atoms with E-state index in [0.717, 1.165) is 0 Å². The lowest BCUT2D eigenvalue weighted by Crippen LogP contribution is -2.48. The number of alkyl halides is 2. The molecule has 1 heterocycles. The van der Waals surface area contributed by atoms with Gasteiger partial charge in [0.1, 0.15) is 0 Å². The molecule has 0 aliphatic carbocycles. The van der Waals surface area contributed by atoms with E-state index in [1.807, 2.05) is 0 Å². The monoisotopic (exact) mass is 208 g/mol. The zero-order valence-corrected chi connectivity index (χ0v) is 7.33. The number of aliphatic carboxylic acids is 1. The van der Waals surface area contributed by atoms with Gasteiger partial charge in [-0.05, 0) is 0 Å². The first kappa shape index (κ1) is 11.0. The second-order valence-corrected chi connectivity index (χ2v) is 3.21. The Labute approximate surface area is 78.8 Å². The number of carboxylic acids is 1. The van der Waals surface area contributed by atoms with Crippen LogP contribution in [0.2, 0.25) is 0 Å². The van der Waals surface area contributed by atoms with Gasteiger partial charge in [-0.15, -0.1) is 0 Å². The molecule has 1 saturated heterocycles. The van der Waals surface area contributed by atoms with E-state index < -0.39 is 36.6 Å². The number of carbonyl (C=O) groups excluding carboxylic acids is 1. The standard InChI is InChI=1S/C8H10F2O4/c9-6(10)3-8(7(12)13)4-14-2-1-5(8)11/h6H,1-4H2,(H,12,13). The van der Waals surface area contributed by atoms with Gasteiger partial charge in [-0.3, -0.25) is 9.59 Å². The lowest BCUT2D eigenvalue weighted by Gasteiger charge is -2.30. The van der Waals surface area contributed by atoms with Crippen molar-refractivity contribution >= 4 is 11.8 Å². The third kappa shape index (κ3) is 1.89. The van der Waals surface area contributed by atoms with E-state index in [4.69, 9.17) is 9.84 Å². The second kappa shape index (κ2) is 4.00. The maximum Gasteiger partial charge on any atom is 0.319 e. The molecule has 1 aliphatic rings. The minimum atomic E-state index is -2.82. The first-order valence-corrected chi connectivity index (χ1v) is 4.11. The van der Waals surface area contributed by atoms with Gasteiger partial charge in [-0.2, -0.15) is 0 Å². The average Bonchev–Trinajstić information content (AvgIpc) is 2.08. The maximum atomic E-state index is 12.1. The first-order valence-electron chi connectivity index (χ1n) is 4.11.